The molecule has 1 rings (SSSR count). The molecule has 0 radical (unpaired) electrons. The third-order valence-electron chi connectivity index (χ3n) is 2.12. The molecule has 0 aliphatic heterocycles. The first-order chi connectivity index (χ1) is 5.65. The van der Waals surface area contributed by atoms with E-state index in [4.69, 9.17) is 11.6 Å². The summed E-state index contributed by atoms with van der Waals surface area (Å²) in [4.78, 5) is 0. The molecule has 0 N–H and O–H groups in total. The van der Waals surface area contributed by atoms with Gasteiger partial charge in [-0.25, -0.2) is 0 Å². The molecule has 1 aromatic rings. The van der Waals surface area contributed by atoms with E-state index in [9.17, 15) is 0 Å². The molecule has 0 aliphatic carbocycles. The van der Waals surface area contributed by atoms with Crippen LogP contribution >= 0.6 is 11.6 Å². The summed E-state index contributed by atoms with van der Waals surface area (Å²) in [6.45, 7) is 6.52. The van der Waals surface area contributed by atoms with Crippen molar-refractivity contribution in [3.8, 4) is 0 Å². The lowest BCUT2D eigenvalue weighted by Gasteiger charge is -2.08. The molecule has 1 heteroatoms. The lowest BCUT2D eigenvalue weighted by molar-refractivity contribution is 0.862. The summed E-state index contributed by atoms with van der Waals surface area (Å²) < 4.78 is 0. The quantitative estimate of drug-likeness (QED) is 0.648. The molecular formula is C11H15Cl. The number of hydrogen-bond donors (Lipinski definition) is 0. The number of rotatable bonds is 2. The van der Waals surface area contributed by atoms with Crippen LogP contribution in [-0.2, 0) is 6.42 Å². The average molecular weight is 183 g/mol. The molecule has 0 aromatic heterocycles. The van der Waals surface area contributed by atoms with E-state index in [2.05, 4.69) is 32.9 Å². The van der Waals surface area contributed by atoms with Crippen LogP contribution in [0.5, 0.6) is 0 Å². The van der Waals surface area contributed by atoms with Gasteiger partial charge >= 0.3 is 0 Å². The van der Waals surface area contributed by atoms with Gasteiger partial charge in [0.2, 0.25) is 0 Å². The number of benzene rings is 1. The maximum Gasteiger partial charge on any atom is 0.0438 e. The first-order valence-corrected chi connectivity index (χ1v) is 4.81. The van der Waals surface area contributed by atoms with Crippen LogP contribution in [0, 0.1) is 0 Å². The Morgan fingerprint density at radius 1 is 1.33 bits per heavy atom. The predicted molar refractivity (Wildman–Crippen MR) is 54.9 cm³/mol. The van der Waals surface area contributed by atoms with Crippen molar-refractivity contribution < 1.29 is 0 Å². The van der Waals surface area contributed by atoms with Crippen LogP contribution in [0.2, 0.25) is 5.02 Å². The second-order valence-electron chi connectivity index (χ2n) is 3.36. The summed E-state index contributed by atoms with van der Waals surface area (Å²) in [7, 11) is 0. The number of hydrogen-bond acceptors (Lipinski definition) is 0. The SMILES string of the molecule is CCc1cc(C(C)C)ccc1Cl. The average Bonchev–Trinajstić information content (AvgIpc) is 2.05. The number of aryl methyl sites for hydroxylation is 1. The second-order valence-corrected chi connectivity index (χ2v) is 3.77. The van der Waals surface area contributed by atoms with Crippen LogP contribution in [0.1, 0.15) is 37.8 Å². The Labute approximate surface area is 79.6 Å². The monoisotopic (exact) mass is 182 g/mol. The van der Waals surface area contributed by atoms with Gasteiger partial charge in [0, 0.05) is 5.02 Å². The maximum atomic E-state index is 6.00. The Morgan fingerprint density at radius 3 is 2.50 bits per heavy atom. The summed E-state index contributed by atoms with van der Waals surface area (Å²) in [6.07, 6.45) is 1.01. The van der Waals surface area contributed by atoms with E-state index in [1.165, 1.54) is 11.1 Å². The van der Waals surface area contributed by atoms with Crippen molar-refractivity contribution in [2.75, 3.05) is 0 Å². The zero-order valence-corrected chi connectivity index (χ0v) is 8.65. The van der Waals surface area contributed by atoms with Gasteiger partial charge in [0.1, 0.15) is 0 Å². The van der Waals surface area contributed by atoms with E-state index < -0.39 is 0 Å². The molecule has 12 heavy (non-hydrogen) atoms. The zero-order valence-electron chi connectivity index (χ0n) is 7.89. The molecule has 0 unspecified atom stereocenters. The molecule has 0 amide bonds. The van der Waals surface area contributed by atoms with E-state index in [0.29, 0.717) is 5.92 Å². The van der Waals surface area contributed by atoms with Gasteiger partial charge < -0.3 is 0 Å². The van der Waals surface area contributed by atoms with Gasteiger partial charge in [-0.3, -0.25) is 0 Å². The largest absolute Gasteiger partial charge is 0.0840 e. The molecule has 0 saturated heterocycles. The summed E-state index contributed by atoms with van der Waals surface area (Å²) >= 11 is 6.00. The highest BCUT2D eigenvalue weighted by Gasteiger charge is 2.02. The molecule has 0 saturated carbocycles. The Bertz CT molecular complexity index is 264. The van der Waals surface area contributed by atoms with E-state index in [1.54, 1.807) is 0 Å². The summed E-state index contributed by atoms with van der Waals surface area (Å²) in [5.74, 6) is 0.590. The highest BCUT2D eigenvalue weighted by Crippen LogP contribution is 2.22. The lowest BCUT2D eigenvalue weighted by atomic mass is 10.00. The summed E-state index contributed by atoms with van der Waals surface area (Å²) in [5, 5.41) is 0.891. The van der Waals surface area contributed by atoms with Gasteiger partial charge in [-0.05, 0) is 29.5 Å². The van der Waals surface area contributed by atoms with Gasteiger partial charge in [-0.1, -0.05) is 44.5 Å². The smallest absolute Gasteiger partial charge is 0.0438 e. The van der Waals surface area contributed by atoms with Crippen LogP contribution in [0.25, 0.3) is 0 Å². The number of halogens is 1. The van der Waals surface area contributed by atoms with Crippen molar-refractivity contribution in [2.24, 2.45) is 0 Å². The van der Waals surface area contributed by atoms with Crippen LogP contribution < -0.4 is 0 Å². The van der Waals surface area contributed by atoms with Gasteiger partial charge in [0.05, 0.1) is 0 Å². The molecule has 0 aliphatic rings. The van der Waals surface area contributed by atoms with E-state index >= 15 is 0 Å². The van der Waals surface area contributed by atoms with Crippen molar-refractivity contribution in [1.29, 1.82) is 0 Å². The molecule has 0 spiro atoms. The fourth-order valence-electron chi connectivity index (χ4n) is 1.22. The van der Waals surface area contributed by atoms with E-state index in [-0.39, 0.29) is 0 Å². The molecule has 66 valence electrons. The van der Waals surface area contributed by atoms with Gasteiger partial charge in [-0.2, -0.15) is 0 Å². The topological polar surface area (TPSA) is 0 Å². The first-order valence-electron chi connectivity index (χ1n) is 4.43. The Balaban J connectivity index is 3.05. The first kappa shape index (κ1) is 9.60. The maximum absolute atomic E-state index is 6.00. The van der Waals surface area contributed by atoms with Crippen LogP contribution in [-0.4, -0.2) is 0 Å². The molecule has 0 bridgehead atoms. The highest BCUT2D eigenvalue weighted by molar-refractivity contribution is 6.31. The molecule has 0 nitrogen and oxygen atoms in total. The van der Waals surface area contributed by atoms with Crippen molar-refractivity contribution in [2.45, 2.75) is 33.1 Å². The second kappa shape index (κ2) is 3.95. The van der Waals surface area contributed by atoms with E-state index in [1.807, 2.05) is 6.07 Å². The van der Waals surface area contributed by atoms with Crippen molar-refractivity contribution >= 4 is 11.6 Å². The minimum absolute atomic E-state index is 0.590. The summed E-state index contributed by atoms with van der Waals surface area (Å²) in [5.41, 5.74) is 2.62. The Hall–Kier alpha value is -0.490. The van der Waals surface area contributed by atoms with Crippen molar-refractivity contribution in [3.05, 3.63) is 34.3 Å². The molecule has 0 heterocycles. The Kier molecular flexibility index (Phi) is 3.16. The lowest BCUT2D eigenvalue weighted by Crippen LogP contribution is -1.90. The molecular weight excluding hydrogens is 168 g/mol. The standard InChI is InChI=1S/C11H15Cl/c1-4-9-7-10(8(2)3)5-6-11(9)12/h5-8H,4H2,1-3H3. The van der Waals surface area contributed by atoms with Crippen LogP contribution in [0.15, 0.2) is 18.2 Å². The van der Waals surface area contributed by atoms with Crippen LogP contribution in [0.3, 0.4) is 0 Å². The normalized spacial score (nSPS) is 10.8. The molecule has 1 aromatic carbocycles. The van der Waals surface area contributed by atoms with Gasteiger partial charge in [0.15, 0.2) is 0 Å². The van der Waals surface area contributed by atoms with Gasteiger partial charge in [-0.15, -0.1) is 0 Å². The fourth-order valence-corrected chi connectivity index (χ4v) is 1.48. The predicted octanol–water partition coefficient (Wildman–Crippen LogP) is 4.03. The minimum Gasteiger partial charge on any atom is -0.0840 e. The van der Waals surface area contributed by atoms with E-state index in [0.717, 1.165) is 11.4 Å². The molecule has 0 atom stereocenters. The summed E-state index contributed by atoms with van der Waals surface area (Å²) in [6, 6.07) is 6.30. The van der Waals surface area contributed by atoms with Crippen LogP contribution in [0.4, 0.5) is 0 Å². The third-order valence-corrected chi connectivity index (χ3v) is 2.49. The van der Waals surface area contributed by atoms with Gasteiger partial charge in [0.25, 0.3) is 0 Å². The minimum atomic E-state index is 0.590. The molecule has 0 fully saturated rings. The highest BCUT2D eigenvalue weighted by atomic mass is 35.5. The third kappa shape index (κ3) is 2.01. The zero-order chi connectivity index (χ0) is 9.14. The Morgan fingerprint density at radius 2 is 2.00 bits per heavy atom. The van der Waals surface area contributed by atoms with Crippen molar-refractivity contribution in [1.82, 2.24) is 0 Å². The fraction of sp³-hybridized carbons (Fsp3) is 0.455. The van der Waals surface area contributed by atoms with Crippen molar-refractivity contribution in [3.63, 3.8) is 0 Å².